The van der Waals surface area contributed by atoms with Gasteiger partial charge in [-0.15, -0.1) is 0 Å². The van der Waals surface area contributed by atoms with Crippen LogP contribution in [-0.2, 0) is 11.2 Å². The van der Waals surface area contributed by atoms with Gasteiger partial charge in [0.1, 0.15) is 6.17 Å². The molecule has 5 aliphatic carbocycles. The zero-order valence-corrected chi connectivity index (χ0v) is 37.4. The number of aliphatic hydroxyl groups excluding tert-OH is 1. The lowest BCUT2D eigenvalue weighted by atomic mass is 9.45. The fraction of sp³-hybridized carbons (Fsp3) is 0.745. The van der Waals surface area contributed by atoms with Crippen molar-refractivity contribution in [1.29, 1.82) is 0 Å². The summed E-state index contributed by atoms with van der Waals surface area (Å²) in [6, 6.07) is 6.29. The number of aliphatic hydroxyl groups is 2. The molecule has 7 aliphatic rings. The Morgan fingerprint density at radius 1 is 1.05 bits per heavy atom. The Hall–Kier alpha value is -2.38. The fourth-order valence-electron chi connectivity index (χ4n) is 13.8. The van der Waals surface area contributed by atoms with Crippen molar-refractivity contribution in [1.82, 2.24) is 16.0 Å². The van der Waals surface area contributed by atoms with E-state index in [1.807, 2.05) is 34.9 Å². The average Bonchev–Trinajstić information content (AvgIpc) is 3.60. The Kier molecular flexibility index (Phi) is 11.9. The first-order valence-corrected chi connectivity index (χ1v) is 25.4. The zero-order valence-electron chi connectivity index (χ0n) is 35.7. The first kappa shape index (κ1) is 41.9. The van der Waals surface area contributed by atoms with Gasteiger partial charge in [-0.2, -0.15) is 0 Å². The molecule has 7 fully saturated rings. The highest BCUT2D eigenvalue weighted by Crippen LogP contribution is 2.70. The second kappa shape index (κ2) is 16.7. The van der Waals surface area contributed by atoms with Gasteiger partial charge in [0.2, 0.25) is 0 Å². The van der Waals surface area contributed by atoms with Crippen LogP contribution in [-0.4, -0.2) is 76.9 Å². The second-order valence-corrected chi connectivity index (χ2v) is 23.1. The quantitative estimate of drug-likeness (QED) is 0.0505. The van der Waals surface area contributed by atoms with Gasteiger partial charge in [-0.25, -0.2) is 0 Å². The summed E-state index contributed by atoms with van der Waals surface area (Å²) in [4.78, 5) is 9.42. The summed E-state index contributed by atoms with van der Waals surface area (Å²) < 4.78 is 12.3. The number of epoxide rings is 1. The number of hydrogen-bond acceptors (Lipinski definition) is 8. The van der Waals surface area contributed by atoms with Gasteiger partial charge in [0.25, 0.3) is 0 Å². The summed E-state index contributed by atoms with van der Waals surface area (Å²) in [5, 5.41) is 34.8. The highest BCUT2D eigenvalue weighted by molar-refractivity contribution is 8.76. The number of ether oxygens (including phenoxy) is 1. The van der Waals surface area contributed by atoms with E-state index in [2.05, 4.69) is 53.0 Å². The van der Waals surface area contributed by atoms with Gasteiger partial charge in [-0.1, -0.05) is 58.9 Å². The number of guanidine groups is 2. The fourth-order valence-corrected chi connectivity index (χ4v) is 15.9. The number of nitrogens with two attached hydrogens (primary N) is 1. The zero-order chi connectivity index (χ0) is 41.0. The van der Waals surface area contributed by atoms with Crippen LogP contribution in [0.15, 0.2) is 57.3 Å². The van der Waals surface area contributed by atoms with E-state index < -0.39 is 5.60 Å². The average molecular weight is 847 g/mol. The molecule has 2 bridgehead atoms. The molecule has 1 aromatic heterocycles. The molecule has 59 heavy (non-hydrogen) atoms. The maximum Gasteiger partial charge on any atom is 0.193 e. The van der Waals surface area contributed by atoms with Gasteiger partial charge in [0.15, 0.2) is 11.9 Å². The van der Waals surface area contributed by atoms with Crippen LogP contribution in [0.25, 0.3) is 10.8 Å². The van der Waals surface area contributed by atoms with Crippen LogP contribution in [0.2, 0.25) is 0 Å². The molecule has 13 unspecified atom stereocenters. The Morgan fingerprint density at radius 3 is 2.78 bits per heavy atom. The lowest BCUT2D eigenvalue weighted by Gasteiger charge is -2.59. The van der Waals surface area contributed by atoms with E-state index in [9.17, 15) is 10.2 Å². The SMILES string of the molecule is C=C1CC2(CCC(CCC3(O)CCCC(O)C3)C2)C2OC2(C)CCC2C1CC2(C)C1CC2CC1CSSCNC(=NC)NC2NC(N)=NCCc1cccc2cocc12. The predicted molar refractivity (Wildman–Crippen MR) is 242 cm³/mol. The molecule has 2 aliphatic heterocycles. The lowest BCUT2D eigenvalue weighted by Crippen LogP contribution is -2.57. The van der Waals surface area contributed by atoms with Crippen molar-refractivity contribution in [2.75, 3.05) is 25.2 Å². The molecule has 5 saturated carbocycles. The van der Waals surface area contributed by atoms with E-state index >= 15 is 0 Å². The summed E-state index contributed by atoms with van der Waals surface area (Å²) in [7, 11) is 5.75. The first-order chi connectivity index (χ1) is 28.4. The van der Waals surface area contributed by atoms with Gasteiger partial charge >= 0.3 is 0 Å². The van der Waals surface area contributed by atoms with Crippen LogP contribution in [0.3, 0.4) is 0 Å². The molecule has 1 spiro atoms. The Bertz CT molecular complexity index is 1910. The van der Waals surface area contributed by atoms with Gasteiger partial charge in [0, 0.05) is 42.0 Å². The molecule has 13 atom stereocenters. The number of fused-ring (bicyclic) bond motifs is 6. The standard InChI is InChI=1S/C47H70N6O4S2/c1-29-21-46(16-10-30(22-46)11-17-47(55)14-6-9-35(54)23-47)41-45(3,57-41)15-12-38-36(29)24-44(38,2)39-20-33-19-34(39)27-58-59-28-51-43(49-4)53-40(33)52-42(48)50-18-13-31-7-5-8-32-25-56-26-37(31)32/h5,7-8,25-26,30,33-36,38-41,54-55H,1,6,9-24,27-28H2,2-4H3,(H3,48,50,52)(H2,49,51,53). The molecule has 324 valence electrons. The lowest BCUT2D eigenvalue weighted by molar-refractivity contribution is -0.0806. The van der Waals surface area contributed by atoms with Crippen molar-refractivity contribution in [3.05, 3.63) is 48.4 Å². The first-order valence-electron chi connectivity index (χ1n) is 22.9. The van der Waals surface area contributed by atoms with Crippen molar-refractivity contribution in [2.24, 2.45) is 62.1 Å². The van der Waals surface area contributed by atoms with Crippen molar-refractivity contribution >= 4 is 44.3 Å². The van der Waals surface area contributed by atoms with Crippen LogP contribution in [0.1, 0.15) is 116 Å². The third kappa shape index (κ3) is 8.44. The molecule has 3 heterocycles. The van der Waals surface area contributed by atoms with E-state index in [1.165, 1.54) is 43.2 Å². The van der Waals surface area contributed by atoms with Gasteiger partial charge in [-0.05, 0) is 150 Å². The number of nitrogens with zero attached hydrogens (tertiary/aromatic N) is 2. The summed E-state index contributed by atoms with van der Waals surface area (Å²) in [5.41, 5.74) is 9.07. The normalized spacial score (nSPS) is 43.3. The molecular formula is C47H70N6O4S2. The number of hydrogen-bond donors (Lipinski definition) is 6. The number of nitrogens with one attached hydrogen (secondary N) is 3. The largest absolute Gasteiger partial charge is 0.471 e. The minimum absolute atomic E-state index is 0.0446. The van der Waals surface area contributed by atoms with Crippen molar-refractivity contribution in [3.8, 4) is 0 Å². The maximum atomic E-state index is 11.3. The topological polar surface area (TPSA) is 153 Å². The highest BCUT2D eigenvalue weighted by atomic mass is 33.1. The van der Waals surface area contributed by atoms with Gasteiger partial charge < -0.3 is 41.1 Å². The summed E-state index contributed by atoms with van der Waals surface area (Å²) in [6.07, 6.45) is 19.8. The molecule has 9 rings (SSSR count). The Morgan fingerprint density at radius 2 is 1.93 bits per heavy atom. The van der Waals surface area contributed by atoms with Crippen LogP contribution in [0.5, 0.6) is 0 Å². The molecule has 2 aromatic rings. The summed E-state index contributed by atoms with van der Waals surface area (Å²) >= 11 is 0. The third-order valence-corrected chi connectivity index (χ3v) is 19.1. The molecular weight excluding hydrogens is 777 g/mol. The molecule has 2 saturated heterocycles. The molecule has 12 heteroatoms. The highest BCUT2D eigenvalue weighted by Gasteiger charge is 2.67. The van der Waals surface area contributed by atoms with Gasteiger partial charge in [0.05, 0.1) is 41.8 Å². The van der Waals surface area contributed by atoms with Gasteiger partial charge in [-0.3, -0.25) is 9.98 Å². The van der Waals surface area contributed by atoms with Crippen molar-refractivity contribution in [2.45, 2.75) is 146 Å². The van der Waals surface area contributed by atoms with Crippen LogP contribution in [0, 0.1) is 46.3 Å². The minimum Gasteiger partial charge on any atom is -0.471 e. The number of furan rings is 1. The second-order valence-electron chi connectivity index (χ2n) is 20.6. The van der Waals surface area contributed by atoms with Crippen LogP contribution >= 0.6 is 21.6 Å². The van der Waals surface area contributed by atoms with E-state index in [-0.39, 0.29) is 28.7 Å². The number of benzene rings is 1. The summed E-state index contributed by atoms with van der Waals surface area (Å²) in [6.45, 7) is 10.6. The van der Waals surface area contributed by atoms with Crippen LogP contribution < -0.4 is 21.7 Å². The molecule has 7 N–H and O–H groups in total. The monoisotopic (exact) mass is 846 g/mol. The maximum absolute atomic E-state index is 11.3. The van der Waals surface area contributed by atoms with E-state index in [0.717, 1.165) is 92.6 Å². The molecule has 0 radical (unpaired) electrons. The summed E-state index contributed by atoms with van der Waals surface area (Å²) in [5.74, 6) is 6.61. The third-order valence-electron chi connectivity index (χ3n) is 16.9. The van der Waals surface area contributed by atoms with Crippen molar-refractivity contribution < 1.29 is 19.4 Å². The predicted octanol–water partition coefficient (Wildman–Crippen LogP) is 8.14. The van der Waals surface area contributed by atoms with E-state index in [1.54, 1.807) is 6.26 Å². The van der Waals surface area contributed by atoms with E-state index in [0.29, 0.717) is 60.5 Å². The van der Waals surface area contributed by atoms with E-state index in [4.69, 9.17) is 26.5 Å². The number of aliphatic imine (C=N–C) groups is 2. The smallest absolute Gasteiger partial charge is 0.193 e. The Labute approximate surface area is 360 Å². The molecule has 10 nitrogen and oxygen atoms in total. The number of rotatable bonds is 8. The molecule has 0 amide bonds. The molecule has 1 aromatic carbocycles. The Balaban J connectivity index is 0.884. The van der Waals surface area contributed by atoms with Crippen molar-refractivity contribution in [3.63, 3.8) is 0 Å². The number of allylic oxidation sites excluding steroid dienone is 1. The minimum atomic E-state index is -0.693. The van der Waals surface area contributed by atoms with Crippen LogP contribution in [0.4, 0.5) is 0 Å².